The first-order valence-electron chi connectivity index (χ1n) is 9.48. The second-order valence-electron chi connectivity index (χ2n) is 6.58. The van der Waals surface area contributed by atoms with Gasteiger partial charge in [-0.15, -0.1) is 0 Å². The van der Waals surface area contributed by atoms with Crippen LogP contribution in [0.1, 0.15) is 19.8 Å². The summed E-state index contributed by atoms with van der Waals surface area (Å²) in [5, 5.41) is 0. The van der Waals surface area contributed by atoms with Gasteiger partial charge < -0.3 is 28.4 Å². The van der Waals surface area contributed by atoms with Crippen molar-refractivity contribution in [1.82, 2.24) is 0 Å². The fourth-order valence-electron chi connectivity index (χ4n) is 2.44. The van der Waals surface area contributed by atoms with Gasteiger partial charge in [0.1, 0.15) is 12.7 Å². The number of hydrogen-bond acceptors (Lipinski definition) is 12. The lowest BCUT2D eigenvalue weighted by Crippen LogP contribution is -2.30. The van der Waals surface area contributed by atoms with Gasteiger partial charge in [-0.05, 0) is 6.92 Å². The van der Waals surface area contributed by atoms with Crippen LogP contribution in [0.3, 0.4) is 0 Å². The maximum Gasteiger partial charge on any atom is 0.334 e. The summed E-state index contributed by atoms with van der Waals surface area (Å²) in [4.78, 5) is 71.2. The Hall–Kier alpha value is -3.70. The number of hydrogen-bond donors (Lipinski definition) is 0. The summed E-state index contributed by atoms with van der Waals surface area (Å²) < 4.78 is 28.1. The van der Waals surface area contributed by atoms with Crippen molar-refractivity contribution >= 4 is 35.8 Å². The number of ether oxygens (including phenoxy) is 6. The molecule has 0 N–H and O–H groups in total. The van der Waals surface area contributed by atoms with E-state index < -0.39 is 73.2 Å². The molecule has 12 nitrogen and oxygen atoms in total. The summed E-state index contributed by atoms with van der Waals surface area (Å²) in [6, 6.07) is 0. The van der Waals surface area contributed by atoms with Crippen molar-refractivity contribution in [2.45, 2.75) is 25.9 Å². The molecular formula is C21H28O12. The first-order valence-corrected chi connectivity index (χ1v) is 9.48. The highest BCUT2D eigenvalue weighted by atomic mass is 16.6. The molecule has 0 rings (SSSR count). The van der Waals surface area contributed by atoms with Gasteiger partial charge in [0.25, 0.3) is 0 Å². The average molecular weight is 472 g/mol. The van der Waals surface area contributed by atoms with Crippen LogP contribution >= 0.6 is 0 Å². The van der Waals surface area contributed by atoms with Crippen molar-refractivity contribution in [3.05, 3.63) is 24.3 Å². The molecule has 0 aliphatic heterocycles. The van der Waals surface area contributed by atoms with Crippen molar-refractivity contribution in [3.63, 3.8) is 0 Å². The third kappa shape index (κ3) is 9.54. The Morgan fingerprint density at radius 2 is 1.06 bits per heavy atom. The molecule has 0 radical (unpaired) electrons. The lowest BCUT2D eigenvalue weighted by atomic mass is 9.97. The highest BCUT2D eigenvalue weighted by Crippen LogP contribution is 2.19. The van der Waals surface area contributed by atoms with Gasteiger partial charge in [0, 0.05) is 11.1 Å². The van der Waals surface area contributed by atoms with Crippen LogP contribution in [-0.4, -0.2) is 77.0 Å². The molecule has 0 bridgehead atoms. The van der Waals surface area contributed by atoms with E-state index in [9.17, 15) is 28.8 Å². The van der Waals surface area contributed by atoms with E-state index >= 15 is 0 Å². The van der Waals surface area contributed by atoms with Crippen LogP contribution in [0.25, 0.3) is 0 Å². The first kappa shape index (κ1) is 29.3. The predicted molar refractivity (Wildman–Crippen MR) is 109 cm³/mol. The van der Waals surface area contributed by atoms with Gasteiger partial charge in [-0.3, -0.25) is 19.2 Å². The molecule has 0 aromatic carbocycles. The molecule has 0 saturated heterocycles. The van der Waals surface area contributed by atoms with Crippen LogP contribution in [0.4, 0.5) is 0 Å². The molecule has 0 saturated carbocycles. The molecule has 0 amide bonds. The van der Waals surface area contributed by atoms with Crippen molar-refractivity contribution in [2.24, 2.45) is 11.8 Å². The lowest BCUT2D eigenvalue weighted by molar-refractivity contribution is -0.162. The van der Waals surface area contributed by atoms with Crippen LogP contribution in [0.5, 0.6) is 0 Å². The number of carbonyl (C=O) groups excluding carboxylic acids is 6. The van der Waals surface area contributed by atoms with Gasteiger partial charge in [0.05, 0.1) is 53.1 Å². The highest BCUT2D eigenvalue weighted by molar-refractivity contribution is 5.97. The minimum atomic E-state index is -1.32. The smallest absolute Gasteiger partial charge is 0.334 e. The first-order chi connectivity index (χ1) is 15.4. The van der Waals surface area contributed by atoms with E-state index in [-0.39, 0.29) is 11.1 Å². The van der Waals surface area contributed by atoms with Crippen LogP contribution in [0, 0.1) is 11.8 Å². The van der Waals surface area contributed by atoms with E-state index in [0.717, 1.165) is 28.4 Å². The highest BCUT2D eigenvalue weighted by Gasteiger charge is 2.32. The van der Waals surface area contributed by atoms with E-state index in [0.29, 0.717) is 0 Å². The van der Waals surface area contributed by atoms with Gasteiger partial charge in [0.15, 0.2) is 0 Å². The topological polar surface area (TPSA) is 158 Å². The summed E-state index contributed by atoms with van der Waals surface area (Å²) in [7, 11) is 4.32. The average Bonchev–Trinajstić information content (AvgIpc) is 2.81. The normalized spacial score (nSPS) is 12.8. The SMILES string of the molecule is C=C(C(=O)OC)C(CC(=O)OCC(C)OC(=O)CC(C(=C)C(=O)OC)C(=O)OC)C(=O)OC. The maximum absolute atomic E-state index is 12.2. The monoisotopic (exact) mass is 472 g/mol. The number of carbonyl (C=O) groups is 6. The zero-order valence-electron chi connectivity index (χ0n) is 19.2. The molecule has 0 aliphatic carbocycles. The summed E-state index contributed by atoms with van der Waals surface area (Å²) >= 11 is 0. The Balaban J connectivity index is 4.92. The van der Waals surface area contributed by atoms with Gasteiger partial charge in [-0.2, -0.15) is 0 Å². The van der Waals surface area contributed by atoms with Crippen molar-refractivity contribution in [2.75, 3.05) is 35.0 Å². The Bertz CT molecular complexity index is 797. The Labute approximate surface area is 190 Å². The van der Waals surface area contributed by atoms with Gasteiger partial charge in [-0.1, -0.05) is 13.2 Å². The Morgan fingerprint density at radius 3 is 1.42 bits per heavy atom. The van der Waals surface area contributed by atoms with E-state index in [1.54, 1.807) is 0 Å². The molecule has 0 aliphatic rings. The van der Waals surface area contributed by atoms with E-state index in [1.807, 2.05) is 0 Å². The van der Waals surface area contributed by atoms with Crippen molar-refractivity contribution in [1.29, 1.82) is 0 Å². The van der Waals surface area contributed by atoms with Crippen LogP contribution in [-0.2, 0) is 57.2 Å². The third-order valence-corrected chi connectivity index (χ3v) is 4.26. The molecule has 0 aromatic rings. The minimum Gasteiger partial charge on any atom is -0.469 e. The summed E-state index contributed by atoms with van der Waals surface area (Å²) in [6.07, 6.45) is -2.08. The van der Waals surface area contributed by atoms with Crippen molar-refractivity contribution in [3.8, 4) is 0 Å². The molecular weight excluding hydrogens is 444 g/mol. The number of methoxy groups -OCH3 is 4. The molecule has 3 unspecified atom stereocenters. The van der Waals surface area contributed by atoms with Gasteiger partial charge in [0.2, 0.25) is 0 Å². The van der Waals surface area contributed by atoms with E-state index in [4.69, 9.17) is 9.47 Å². The van der Waals surface area contributed by atoms with Crippen LogP contribution < -0.4 is 0 Å². The fraction of sp³-hybridized carbons (Fsp3) is 0.524. The standard InChI is InChI=1S/C21H28O12/c1-11(33-17(23)9-15(21(27)31-7)13(3)19(25)29-5)10-32-16(22)8-14(20(26)30-6)12(2)18(24)28-4/h11,14-15H,2-3,8-10H2,1,4-7H3. The summed E-state index contributed by atoms with van der Waals surface area (Å²) in [5.74, 6) is -8.01. The maximum atomic E-state index is 12.2. The summed E-state index contributed by atoms with van der Waals surface area (Å²) in [5.41, 5.74) is -0.583. The second kappa shape index (κ2) is 14.4. The number of esters is 6. The number of rotatable bonds is 13. The molecule has 12 heteroatoms. The largest absolute Gasteiger partial charge is 0.469 e. The molecule has 0 fully saturated rings. The molecule has 184 valence electrons. The molecule has 0 heterocycles. The summed E-state index contributed by atoms with van der Waals surface area (Å²) in [6.45, 7) is 7.87. The minimum absolute atomic E-state index is 0.291. The molecule has 33 heavy (non-hydrogen) atoms. The zero-order valence-corrected chi connectivity index (χ0v) is 19.2. The molecule has 0 aromatic heterocycles. The van der Waals surface area contributed by atoms with Crippen molar-refractivity contribution < 1.29 is 57.2 Å². The third-order valence-electron chi connectivity index (χ3n) is 4.26. The van der Waals surface area contributed by atoms with Crippen LogP contribution in [0.2, 0.25) is 0 Å². The lowest BCUT2D eigenvalue weighted by Gasteiger charge is -2.18. The van der Waals surface area contributed by atoms with Gasteiger partial charge in [-0.25, -0.2) is 9.59 Å². The van der Waals surface area contributed by atoms with Gasteiger partial charge >= 0.3 is 35.8 Å². The fourth-order valence-corrected chi connectivity index (χ4v) is 2.44. The van der Waals surface area contributed by atoms with E-state index in [1.165, 1.54) is 6.92 Å². The Kier molecular flexibility index (Phi) is 12.8. The predicted octanol–water partition coefficient (Wildman–Crippen LogP) is 0.278. The second-order valence-corrected chi connectivity index (χ2v) is 6.58. The molecule has 3 atom stereocenters. The quantitative estimate of drug-likeness (QED) is 0.205. The molecule has 0 spiro atoms. The van der Waals surface area contributed by atoms with Crippen LogP contribution in [0.15, 0.2) is 24.3 Å². The Morgan fingerprint density at radius 1 is 0.667 bits per heavy atom. The zero-order chi connectivity index (χ0) is 25.7. The van der Waals surface area contributed by atoms with E-state index in [2.05, 4.69) is 32.1 Å².